The first-order valence-corrected chi connectivity index (χ1v) is 8.26. The molecule has 0 saturated carbocycles. The van der Waals surface area contributed by atoms with E-state index in [2.05, 4.69) is 21.2 Å². The van der Waals surface area contributed by atoms with E-state index in [0.29, 0.717) is 15.1 Å². The Morgan fingerprint density at radius 3 is 2.56 bits per heavy atom. The SMILES string of the molecule is COC(=O)[C@H](Cc1cc(Cl)ccc1Br)NC(=O)c1ccc(F)c(F)c1. The molecule has 0 heterocycles. The Labute approximate surface area is 156 Å². The van der Waals surface area contributed by atoms with Crippen molar-refractivity contribution in [2.75, 3.05) is 7.11 Å². The van der Waals surface area contributed by atoms with Gasteiger partial charge in [-0.2, -0.15) is 0 Å². The van der Waals surface area contributed by atoms with Crippen molar-refractivity contribution >= 4 is 39.4 Å². The molecule has 0 radical (unpaired) electrons. The molecular formula is C17H13BrClF2NO3. The molecule has 0 aliphatic carbocycles. The molecule has 0 aliphatic rings. The molecule has 0 fully saturated rings. The molecule has 2 aromatic carbocycles. The molecule has 25 heavy (non-hydrogen) atoms. The monoisotopic (exact) mass is 431 g/mol. The van der Waals surface area contributed by atoms with Gasteiger partial charge in [-0.05, 0) is 42.0 Å². The van der Waals surface area contributed by atoms with E-state index in [1.54, 1.807) is 18.2 Å². The van der Waals surface area contributed by atoms with Gasteiger partial charge < -0.3 is 10.1 Å². The number of methoxy groups -OCH3 is 1. The van der Waals surface area contributed by atoms with Crippen molar-refractivity contribution in [3.05, 3.63) is 68.7 Å². The highest BCUT2D eigenvalue weighted by molar-refractivity contribution is 9.10. The predicted molar refractivity (Wildman–Crippen MR) is 92.5 cm³/mol. The molecule has 0 saturated heterocycles. The Hall–Kier alpha value is -1.99. The van der Waals surface area contributed by atoms with Crippen LogP contribution in [0, 0.1) is 11.6 Å². The van der Waals surface area contributed by atoms with E-state index in [4.69, 9.17) is 16.3 Å². The summed E-state index contributed by atoms with van der Waals surface area (Å²) >= 11 is 9.29. The van der Waals surface area contributed by atoms with Gasteiger partial charge >= 0.3 is 5.97 Å². The lowest BCUT2D eigenvalue weighted by molar-refractivity contribution is -0.142. The smallest absolute Gasteiger partial charge is 0.328 e. The third-order valence-electron chi connectivity index (χ3n) is 3.40. The zero-order valence-corrected chi connectivity index (χ0v) is 15.3. The zero-order chi connectivity index (χ0) is 18.6. The van der Waals surface area contributed by atoms with E-state index in [1.165, 1.54) is 7.11 Å². The van der Waals surface area contributed by atoms with E-state index in [-0.39, 0.29) is 12.0 Å². The average Bonchev–Trinajstić information content (AvgIpc) is 2.59. The summed E-state index contributed by atoms with van der Waals surface area (Å²) in [6.45, 7) is 0. The van der Waals surface area contributed by atoms with Gasteiger partial charge in [-0.25, -0.2) is 13.6 Å². The van der Waals surface area contributed by atoms with E-state index in [0.717, 1.165) is 18.2 Å². The van der Waals surface area contributed by atoms with Crippen LogP contribution in [0.2, 0.25) is 5.02 Å². The van der Waals surface area contributed by atoms with Crippen LogP contribution in [-0.2, 0) is 16.0 Å². The van der Waals surface area contributed by atoms with Gasteiger partial charge in [-0.1, -0.05) is 27.5 Å². The molecule has 0 aliphatic heterocycles. The first kappa shape index (κ1) is 19.3. The fourth-order valence-electron chi connectivity index (χ4n) is 2.13. The number of halogens is 4. The van der Waals surface area contributed by atoms with Gasteiger partial charge in [0.25, 0.3) is 5.91 Å². The van der Waals surface area contributed by atoms with Crippen molar-refractivity contribution in [3.8, 4) is 0 Å². The first-order valence-electron chi connectivity index (χ1n) is 7.09. The number of amides is 1. The molecule has 1 atom stereocenters. The average molecular weight is 433 g/mol. The minimum Gasteiger partial charge on any atom is -0.467 e. The van der Waals surface area contributed by atoms with Gasteiger partial charge in [0.1, 0.15) is 6.04 Å². The number of ether oxygens (including phenoxy) is 1. The fourth-order valence-corrected chi connectivity index (χ4v) is 2.74. The Morgan fingerprint density at radius 2 is 1.92 bits per heavy atom. The van der Waals surface area contributed by atoms with Crippen LogP contribution in [0.3, 0.4) is 0 Å². The van der Waals surface area contributed by atoms with Gasteiger partial charge in [0, 0.05) is 21.5 Å². The van der Waals surface area contributed by atoms with Crippen molar-refractivity contribution < 1.29 is 23.1 Å². The number of benzene rings is 2. The zero-order valence-electron chi connectivity index (χ0n) is 13.0. The molecule has 0 spiro atoms. The maximum absolute atomic E-state index is 13.3. The highest BCUT2D eigenvalue weighted by Crippen LogP contribution is 2.23. The fraction of sp³-hybridized carbons (Fsp3) is 0.176. The summed E-state index contributed by atoms with van der Waals surface area (Å²) < 4.78 is 31.7. The van der Waals surface area contributed by atoms with E-state index < -0.39 is 29.6 Å². The largest absolute Gasteiger partial charge is 0.467 e. The molecule has 2 rings (SSSR count). The highest BCUT2D eigenvalue weighted by Gasteiger charge is 2.24. The number of hydrogen-bond donors (Lipinski definition) is 1. The Kier molecular flexibility index (Phi) is 6.50. The maximum Gasteiger partial charge on any atom is 0.328 e. The van der Waals surface area contributed by atoms with Crippen molar-refractivity contribution in [2.45, 2.75) is 12.5 Å². The van der Waals surface area contributed by atoms with E-state index in [9.17, 15) is 18.4 Å². The Morgan fingerprint density at radius 1 is 1.20 bits per heavy atom. The second kappa shape index (κ2) is 8.40. The van der Waals surface area contributed by atoms with Crippen LogP contribution in [0.1, 0.15) is 15.9 Å². The minimum absolute atomic E-state index is 0.100. The second-order valence-electron chi connectivity index (χ2n) is 5.12. The Bertz CT molecular complexity index is 816. The number of rotatable bonds is 5. The Balaban J connectivity index is 2.22. The minimum atomic E-state index is -1.15. The lowest BCUT2D eigenvalue weighted by Crippen LogP contribution is -2.43. The third-order valence-corrected chi connectivity index (χ3v) is 4.41. The van der Waals surface area contributed by atoms with Crippen LogP contribution >= 0.6 is 27.5 Å². The summed E-state index contributed by atoms with van der Waals surface area (Å²) in [6, 6.07) is 6.72. The lowest BCUT2D eigenvalue weighted by atomic mass is 10.1. The summed E-state index contributed by atoms with van der Waals surface area (Å²) in [4.78, 5) is 24.2. The molecule has 0 unspecified atom stereocenters. The number of carbonyl (C=O) groups is 2. The summed E-state index contributed by atoms with van der Waals surface area (Å²) in [5.74, 6) is -3.63. The van der Waals surface area contributed by atoms with Gasteiger partial charge in [-0.3, -0.25) is 4.79 Å². The standard InChI is InChI=1S/C17H13BrClF2NO3/c1-25-17(24)15(8-10-6-11(19)3-4-12(10)18)22-16(23)9-2-5-13(20)14(21)7-9/h2-7,15H,8H2,1H3,(H,22,23)/t15-/m0/s1. The number of carbonyl (C=O) groups excluding carboxylic acids is 2. The molecule has 0 bridgehead atoms. The molecule has 0 aromatic heterocycles. The molecular weight excluding hydrogens is 420 g/mol. The lowest BCUT2D eigenvalue weighted by Gasteiger charge is -2.17. The summed E-state index contributed by atoms with van der Waals surface area (Å²) in [6.07, 6.45) is 0.100. The van der Waals surface area contributed by atoms with Crippen LogP contribution in [0.4, 0.5) is 8.78 Å². The van der Waals surface area contributed by atoms with Crippen LogP contribution in [0.15, 0.2) is 40.9 Å². The van der Waals surface area contributed by atoms with E-state index >= 15 is 0 Å². The van der Waals surface area contributed by atoms with Crippen molar-refractivity contribution in [3.63, 3.8) is 0 Å². The highest BCUT2D eigenvalue weighted by atomic mass is 79.9. The third kappa shape index (κ3) is 4.99. The van der Waals surface area contributed by atoms with Crippen LogP contribution in [-0.4, -0.2) is 25.0 Å². The second-order valence-corrected chi connectivity index (χ2v) is 6.41. The predicted octanol–water partition coefficient (Wildman–Crippen LogP) is 3.89. The number of nitrogens with one attached hydrogen (secondary N) is 1. The van der Waals surface area contributed by atoms with Crippen LogP contribution in [0.5, 0.6) is 0 Å². The van der Waals surface area contributed by atoms with Gasteiger partial charge in [0.05, 0.1) is 7.11 Å². The van der Waals surface area contributed by atoms with Crippen LogP contribution < -0.4 is 5.32 Å². The number of esters is 1. The molecule has 1 N–H and O–H groups in total. The molecule has 8 heteroatoms. The quantitative estimate of drug-likeness (QED) is 0.729. The van der Waals surface area contributed by atoms with Gasteiger partial charge in [0.2, 0.25) is 0 Å². The van der Waals surface area contributed by atoms with Crippen LogP contribution in [0.25, 0.3) is 0 Å². The van der Waals surface area contributed by atoms with Gasteiger partial charge in [-0.15, -0.1) is 0 Å². The van der Waals surface area contributed by atoms with Crippen molar-refractivity contribution in [1.29, 1.82) is 0 Å². The maximum atomic E-state index is 13.3. The van der Waals surface area contributed by atoms with Gasteiger partial charge in [0.15, 0.2) is 11.6 Å². The topological polar surface area (TPSA) is 55.4 Å². The summed E-state index contributed by atoms with van der Waals surface area (Å²) in [7, 11) is 1.19. The molecule has 2 aromatic rings. The molecule has 4 nitrogen and oxygen atoms in total. The van der Waals surface area contributed by atoms with E-state index in [1.807, 2.05) is 0 Å². The molecule has 132 valence electrons. The number of hydrogen-bond acceptors (Lipinski definition) is 3. The van der Waals surface area contributed by atoms with Crippen molar-refractivity contribution in [2.24, 2.45) is 0 Å². The normalized spacial score (nSPS) is 11.7. The summed E-state index contributed by atoms with van der Waals surface area (Å²) in [5, 5.41) is 2.93. The molecule has 1 amide bonds. The first-order chi connectivity index (χ1) is 11.8. The van der Waals surface area contributed by atoms with Crippen molar-refractivity contribution in [1.82, 2.24) is 5.32 Å². The summed E-state index contributed by atoms with van der Waals surface area (Å²) in [5.41, 5.74) is 0.562.